The van der Waals surface area contributed by atoms with Gasteiger partial charge in [-0.05, 0) is 19.3 Å². The van der Waals surface area contributed by atoms with E-state index in [0.717, 1.165) is 5.82 Å². The molecule has 0 unspecified atom stereocenters. The fraction of sp³-hybridized carbons (Fsp3) is 0.700. The lowest BCUT2D eigenvalue weighted by atomic mass is 9.91. The minimum absolute atomic E-state index is 0.145. The molecule has 1 saturated carbocycles. The highest BCUT2D eigenvalue weighted by atomic mass is 16.3. The second-order valence-corrected chi connectivity index (χ2v) is 4.08. The molecule has 5 heteroatoms. The van der Waals surface area contributed by atoms with Crippen LogP contribution in [0.4, 0.5) is 11.5 Å². The quantitative estimate of drug-likeness (QED) is 0.752. The van der Waals surface area contributed by atoms with Gasteiger partial charge in [0.05, 0.1) is 12.3 Å². The van der Waals surface area contributed by atoms with E-state index in [9.17, 15) is 0 Å². The Kier molecular flexibility index (Phi) is 2.81. The lowest BCUT2D eigenvalue weighted by Gasteiger charge is -2.37. The van der Waals surface area contributed by atoms with Gasteiger partial charge in [0.15, 0.2) is 5.82 Å². The van der Waals surface area contributed by atoms with Gasteiger partial charge in [-0.1, -0.05) is 0 Å². The van der Waals surface area contributed by atoms with Gasteiger partial charge in [0, 0.05) is 25.8 Å². The summed E-state index contributed by atoms with van der Waals surface area (Å²) >= 11 is 0. The third kappa shape index (κ3) is 1.92. The summed E-state index contributed by atoms with van der Waals surface area (Å²) in [6.07, 6.45) is 5.42. The van der Waals surface area contributed by atoms with Gasteiger partial charge in [-0.3, -0.25) is 4.68 Å². The Bertz CT molecular complexity index is 332. The SMILES string of the molecule is Cn1cc(N)c(N(CCO)C2CCC2)n1. The number of anilines is 2. The highest BCUT2D eigenvalue weighted by Crippen LogP contribution is 2.31. The Labute approximate surface area is 89.5 Å². The van der Waals surface area contributed by atoms with Crippen LogP contribution in [0.3, 0.4) is 0 Å². The van der Waals surface area contributed by atoms with Crippen molar-refractivity contribution in [1.82, 2.24) is 9.78 Å². The largest absolute Gasteiger partial charge is 0.395 e. The van der Waals surface area contributed by atoms with Crippen molar-refractivity contribution in [1.29, 1.82) is 0 Å². The van der Waals surface area contributed by atoms with E-state index in [0.29, 0.717) is 18.3 Å². The van der Waals surface area contributed by atoms with Crippen LogP contribution >= 0.6 is 0 Å². The first-order valence-electron chi connectivity index (χ1n) is 5.39. The molecule has 0 aliphatic heterocycles. The van der Waals surface area contributed by atoms with Crippen molar-refractivity contribution in [2.75, 3.05) is 23.8 Å². The maximum Gasteiger partial charge on any atom is 0.174 e. The zero-order valence-corrected chi connectivity index (χ0v) is 9.06. The van der Waals surface area contributed by atoms with E-state index in [1.807, 2.05) is 7.05 Å². The van der Waals surface area contributed by atoms with Gasteiger partial charge in [-0.2, -0.15) is 5.10 Å². The molecule has 3 N–H and O–H groups in total. The number of nitrogen functional groups attached to an aromatic ring is 1. The van der Waals surface area contributed by atoms with E-state index in [-0.39, 0.29) is 6.61 Å². The van der Waals surface area contributed by atoms with Gasteiger partial charge in [0.1, 0.15) is 0 Å². The number of nitrogens with two attached hydrogens (primary N) is 1. The third-order valence-electron chi connectivity index (χ3n) is 2.96. The molecule has 0 radical (unpaired) electrons. The molecule has 84 valence electrons. The number of aliphatic hydroxyl groups is 1. The van der Waals surface area contributed by atoms with Crippen LogP contribution in [0.1, 0.15) is 19.3 Å². The van der Waals surface area contributed by atoms with E-state index in [2.05, 4.69) is 10.00 Å². The number of hydrogen-bond acceptors (Lipinski definition) is 4. The predicted molar refractivity (Wildman–Crippen MR) is 59.7 cm³/mol. The van der Waals surface area contributed by atoms with Crippen molar-refractivity contribution < 1.29 is 5.11 Å². The molecular weight excluding hydrogens is 192 g/mol. The molecule has 0 bridgehead atoms. The van der Waals surface area contributed by atoms with Gasteiger partial charge >= 0.3 is 0 Å². The number of aliphatic hydroxyl groups excluding tert-OH is 1. The van der Waals surface area contributed by atoms with Crippen LogP contribution in [0.15, 0.2) is 6.20 Å². The van der Waals surface area contributed by atoms with Crippen molar-refractivity contribution >= 4 is 11.5 Å². The molecule has 0 spiro atoms. The molecule has 1 fully saturated rings. The summed E-state index contributed by atoms with van der Waals surface area (Å²) in [5, 5.41) is 13.4. The predicted octanol–water partition coefficient (Wildman–Crippen LogP) is 0.353. The van der Waals surface area contributed by atoms with Gasteiger partial charge in [-0.15, -0.1) is 0 Å². The maximum absolute atomic E-state index is 9.05. The van der Waals surface area contributed by atoms with Gasteiger partial charge < -0.3 is 15.7 Å². The van der Waals surface area contributed by atoms with E-state index >= 15 is 0 Å². The Morgan fingerprint density at radius 2 is 2.40 bits per heavy atom. The number of rotatable bonds is 4. The van der Waals surface area contributed by atoms with Gasteiger partial charge in [0.2, 0.25) is 0 Å². The first-order valence-corrected chi connectivity index (χ1v) is 5.39. The van der Waals surface area contributed by atoms with Crippen LogP contribution in [-0.2, 0) is 7.05 Å². The summed E-state index contributed by atoms with van der Waals surface area (Å²) in [6, 6.07) is 0.509. The number of nitrogens with zero attached hydrogens (tertiary/aromatic N) is 3. The molecular formula is C10H18N4O. The maximum atomic E-state index is 9.05. The van der Waals surface area contributed by atoms with E-state index in [1.54, 1.807) is 10.9 Å². The lowest BCUT2D eigenvalue weighted by Crippen LogP contribution is -2.42. The molecule has 1 heterocycles. The molecule has 0 amide bonds. The van der Waals surface area contributed by atoms with Gasteiger partial charge in [-0.25, -0.2) is 0 Å². The molecule has 15 heavy (non-hydrogen) atoms. The standard InChI is InChI=1S/C10H18N4O/c1-13-7-9(11)10(12-13)14(5-6-15)8-3-2-4-8/h7-8,15H,2-6,11H2,1H3. The zero-order valence-electron chi connectivity index (χ0n) is 9.06. The summed E-state index contributed by atoms with van der Waals surface area (Å²) in [7, 11) is 1.86. The Balaban J connectivity index is 2.19. The summed E-state index contributed by atoms with van der Waals surface area (Å²) in [5.74, 6) is 0.816. The molecule has 0 aromatic carbocycles. The summed E-state index contributed by atoms with van der Waals surface area (Å²) in [5.41, 5.74) is 6.57. The summed E-state index contributed by atoms with van der Waals surface area (Å²) in [4.78, 5) is 2.12. The Morgan fingerprint density at radius 3 is 2.80 bits per heavy atom. The molecule has 1 aliphatic carbocycles. The highest BCUT2D eigenvalue weighted by molar-refractivity contribution is 5.62. The topological polar surface area (TPSA) is 67.3 Å². The molecule has 1 aromatic rings. The number of aromatic nitrogens is 2. The zero-order chi connectivity index (χ0) is 10.8. The second-order valence-electron chi connectivity index (χ2n) is 4.08. The molecule has 1 aliphatic rings. The summed E-state index contributed by atoms with van der Waals surface area (Å²) in [6.45, 7) is 0.762. The van der Waals surface area contributed by atoms with E-state index in [4.69, 9.17) is 10.8 Å². The average molecular weight is 210 g/mol. The van der Waals surface area contributed by atoms with Crippen molar-refractivity contribution in [3.63, 3.8) is 0 Å². The van der Waals surface area contributed by atoms with Crippen LogP contribution in [0.2, 0.25) is 0 Å². The van der Waals surface area contributed by atoms with Crippen molar-refractivity contribution in [2.24, 2.45) is 7.05 Å². The minimum Gasteiger partial charge on any atom is -0.395 e. The normalized spacial score (nSPS) is 16.4. The summed E-state index contributed by atoms with van der Waals surface area (Å²) < 4.78 is 1.72. The minimum atomic E-state index is 0.145. The fourth-order valence-electron chi connectivity index (χ4n) is 1.99. The smallest absolute Gasteiger partial charge is 0.174 e. The molecule has 0 saturated heterocycles. The molecule has 1 aromatic heterocycles. The molecule has 0 atom stereocenters. The first-order chi connectivity index (χ1) is 7.22. The second kappa shape index (κ2) is 4.10. The van der Waals surface area contributed by atoms with Crippen molar-refractivity contribution in [3.05, 3.63) is 6.20 Å². The highest BCUT2D eigenvalue weighted by Gasteiger charge is 2.27. The monoisotopic (exact) mass is 210 g/mol. The lowest BCUT2D eigenvalue weighted by molar-refractivity contribution is 0.283. The Hall–Kier alpha value is -1.23. The van der Waals surface area contributed by atoms with E-state index in [1.165, 1.54) is 19.3 Å². The fourth-order valence-corrected chi connectivity index (χ4v) is 1.99. The average Bonchev–Trinajstić information content (AvgIpc) is 2.41. The third-order valence-corrected chi connectivity index (χ3v) is 2.96. The number of hydrogen-bond donors (Lipinski definition) is 2. The van der Waals surface area contributed by atoms with Crippen molar-refractivity contribution in [2.45, 2.75) is 25.3 Å². The van der Waals surface area contributed by atoms with Crippen LogP contribution in [0.5, 0.6) is 0 Å². The van der Waals surface area contributed by atoms with Crippen LogP contribution in [0, 0.1) is 0 Å². The van der Waals surface area contributed by atoms with Crippen molar-refractivity contribution in [3.8, 4) is 0 Å². The molecule has 2 rings (SSSR count). The number of aryl methyl sites for hydroxylation is 1. The van der Waals surface area contributed by atoms with Crippen LogP contribution in [-0.4, -0.2) is 34.1 Å². The molecule has 5 nitrogen and oxygen atoms in total. The Morgan fingerprint density at radius 1 is 1.67 bits per heavy atom. The van der Waals surface area contributed by atoms with E-state index < -0.39 is 0 Å². The van der Waals surface area contributed by atoms with Crippen LogP contribution in [0.25, 0.3) is 0 Å². The van der Waals surface area contributed by atoms with Gasteiger partial charge in [0.25, 0.3) is 0 Å². The van der Waals surface area contributed by atoms with Crippen LogP contribution < -0.4 is 10.6 Å². The first kappa shape index (κ1) is 10.3.